The normalized spacial score (nSPS) is 14.3. The van der Waals surface area contributed by atoms with E-state index >= 15 is 0 Å². The second-order valence-corrected chi connectivity index (χ2v) is 7.99. The zero-order chi connectivity index (χ0) is 15.0. The summed E-state index contributed by atoms with van der Waals surface area (Å²) in [6.07, 6.45) is 3.29. The Kier molecular flexibility index (Phi) is 3.73. The highest BCUT2D eigenvalue weighted by atomic mass is 32.2. The lowest BCUT2D eigenvalue weighted by Gasteiger charge is -2.07. The highest BCUT2D eigenvalue weighted by Crippen LogP contribution is 2.30. The van der Waals surface area contributed by atoms with Gasteiger partial charge in [-0.1, -0.05) is 0 Å². The molecule has 0 amide bonds. The molecule has 0 radical (unpaired) electrons. The SMILES string of the molecule is Nc1ccc(F)c(S(=O)(=O)NCc2cc3c(s2)CCC3)c1. The van der Waals surface area contributed by atoms with Crippen molar-refractivity contribution in [1.29, 1.82) is 0 Å². The molecule has 7 heteroatoms. The summed E-state index contributed by atoms with van der Waals surface area (Å²) in [5.41, 5.74) is 7.05. The number of anilines is 1. The molecule has 0 saturated heterocycles. The average molecular weight is 326 g/mol. The van der Waals surface area contributed by atoms with Crippen molar-refractivity contribution < 1.29 is 12.8 Å². The van der Waals surface area contributed by atoms with Gasteiger partial charge in [0, 0.05) is 22.0 Å². The monoisotopic (exact) mass is 326 g/mol. The van der Waals surface area contributed by atoms with Gasteiger partial charge < -0.3 is 5.73 Å². The van der Waals surface area contributed by atoms with Crippen LogP contribution >= 0.6 is 11.3 Å². The van der Waals surface area contributed by atoms with Crippen molar-refractivity contribution >= 4 is 27.0 Å². The molecule has 2 aromatic rings. The maximum atomic E-state index is 13.7. The number of fused-ring (bicyclic) bond motifs is 1. The van der Waals surface area contributed by atoms with Crippen LogP contribution in [-0.4, -0.2) is 8.42 Å². The van der Waals surface area contributed by atoms with Gasteiger partial charge in [0.2, 0.25) is 10.0 Å². The molecular formula is C14H15FN2O2S2. The van der Waals surface area contributed by atoms with Crippen molar-refractivity contribution in [3.05, 3.63) is 45.4 Å². The summed E-state index contributed by atoms with van der Waals surface area (Å²) in [5, 5.41) is 0. The number of hydrogen-bond donors (Lipinski definition) is 2. The number of rotatable bonds is 4. The second kappa shape index (κ2) is 5.40. The van der Waals surface area contributed by atoms with Crippen LogP contribution in [0, 0.1) is 5.82 Å². The third-order valence-electron chi connectivity index (χ3n) is 3.48. The van der Waals surface area contributed by atoms with E-state index in [1.54, 1.807) is 11.3 Å². The first-order valence-corrected chi connectivity index (χ1v) is 8.91. The number of aryl methyl sites for hydroxylation is 2. The molecule has 3 N–H and O–H groups in total. The Morgan fingerprint density at radius 1 is 1.29 bits per heavy atom. The number of thiophene rings is 1. The van der Waals surface area contributed by atoms with Gasteiger partial charge in [0.15, 0.2) is 0 Å². The van der Waals surface area contributed by atoms with Crippen LogP contribution in [0.25, 0.3) is 0 Å². The Balaban J connectivity index is 1.78. The Morgan fingerprint density at radius 3 is 2.86 bits per heavy atom. The van der Waals surface area contributed by atoms with Crippen molar-refractivity contribution in [2.45, 2.75) is 30.7 Å². The maximum absolute atomic E-state index is 13.7. The first kappa shape index (κ1) is 14.5. The molecule has 0 spiro atoms. The van der Waals surface area contributed by atoms with Crippen LogP contribution in [-0.2, 0) is 29.4 Å². The van der Waals surface area contributed by atoms with E-state index in [1.807, 2.05) is 6.07 Å². The molecule has 1 aliphatic rings. The van der Waals surface area contributed by atoms with Crippen molar-refractivity contribution in [3.8, 4) is 0 Å². The van der Waals surface area contributed by atoms with E-state index in [9.17, 15) is 12.8 Å². The molecule has 0 atom stereocenters. The van der Waals surface area contributed by atoms with Crippen LogP contribution < -0.4 is 10.5 Å². The predicted octanol–water partition coefficient (Wildman–Crippen LogP) is 2.44. The van der Waals surface area contributed by atoms with E-state index < -0.39 is 20.7 Å². The minimum atomic E-state index is -3.90. The van der Waals surface area contributed by atoms with Crippen LogP contribution in [0.3, 0.4) is 0 Å². The fourth-order valence-electron chi connectivity index (χ4n) is 2.45. The average Bonchev–Trinajstić information content (AvgIpc) is 3.00. The zero-order valence-corrected chi connectivity index (χ0v) is 12.9. The second-order valence-electron chi connectivity index (χ2n) is 5.03. The molecule has 0 saturated carbocycles. The number of sulfonamides is 1. The first-order valence-electron chi connectivity index (χ1n) is 6.61. The summed E-state index contributed by atoms with van der Waals surface area (Å²) < 4.78 is 40.4. The quantitative estimate of drug-likeness (QED) is 0.848. The highest BCUT2D eigenvalue weighted by Gasteiger charge is 2.20. The molecule has 0 bridgehead atoms. The van der Waals surface area contributed by atoms with E-state index in [-0.39, 0.29) is 12.2 Å². The third-order valence-corrected chi connectivity index (χ3v) is 6.13. The molecule has 0 unspecified atom stereocenters. The van der Waals surface area contributed by atoms with Crippen molar-refractivity contribution in [2.24, 2.45) is 0 Å². The maximum Gasteiger partial charge on any atom is 0.243 e. The molecule has 0 aliphatic heterocycles. The fourth-order valence-corrected chi connectivity index (χ4v) is 4.86. The summed E-state index contributed by atoms with van der Waals surface area (Å²) in [6.45, 7) is 0.175. The number of nitrogens with one attached hydrogen (secondary N) is 1. The largest absolute Gasteiger partial charge is 0.399 e. The van der Waals surface area contributed by atoms with Gasteiger partial charge >= 0.3 is 0 Å². The first-order chi connectivity index (χ1) is 9.95. The molecule has 0 fully saturated rings. The van der Waals surface area contributed by atoms with Gasteiger partial charge in [-0.05, 0) is 49.1 Å². The summed E-state index contributed by atoms with van der Waals surface area (Å²) >= 11 is 1.62. The number of benzene rings is 1. The van der Waals surface area contributed by atoms with Crippen LogP contribution in [0.2, 0.25) is 0 Å². The summed E-state index contributed by atoms with van der Waals surface area (Å²) in [4.78, 5) is 1.87. The Bertz CT molecular complexity index is 763. The van der Waals surface area contributed by atoms with Gasteiger partial charge in [0.25, 0.3) is 0 Å². The lowest BCUT2D eigenvalue weighted by atomic mass is 10.2. The number of nitrogens with two attached hydrogens (primary N) is 1. The third kappa shape index (κ3) is 2.95. The van der Waals surface area contributed by atoms with Gasteiger partial charge in [-0.3, -0.25) is 0 Å². The van der Waals surface area contributed by atoms with Crippen LogP contribution in [0.5, 0.6) is 0 Å². The van der Waals surface area contributed by atoms with Gasteiger partial charge in [-0.2, -0.15) is 0 Å². The van der Waals surface area contributed by atoms with Crippen molar-refractivity contribution in [2.75, 3.05) is 5.73 Å². The molecule has 1 heterocycles. The smallest absolute Gasteiger partial charge is 0.243 e. The number of hydrogen-bond acceptors (Lipinski definition) is 4. The summed E-state index contributed by atoms with van der Waals surface area (Å²) in [7, 11) is -3.90. The molecule has 1 aliphatic carbocycles. The summed E-state index contributed by atoms with van der Waals surface area (Å²) in [5.74, 6) is -0.801. The predicted molar refractivity (Wildman–Crippen MR) is 81.2 cm³/mol. The number of halogens is 1. The molecule has 1 aromatic carbocycles. The molecule has 21 heavy (non-hydrogen) atoms. The van der Waals surface area contributed by atoms with Crippen LogP contribution in [0.15, 0.2) is 29.2 Å². The van der Waals surface area contributed by atoms with E-state index in [0.29, 0.717) is 0 Å². The van der Waals surface area contributed by atoms with Gasteiger partial charge in [-0.15, -0.1) is 11.3 Å². The zero-order valence-electron chi connectivity index (χ0n) is 11.2. The number of nitrogen functional groups attached to an aromatic ring is 1. The molecule has 4 nitrogen and oxygen atoms in total. The Morgan fingerprint density at radius 2 is 2.10 bits per heavy atom. The van der Waals surface area contributed by atoms with Gasteiger partial charge in [-0.25, -0.2) is 17.5 Å². The molecule has 112 valence electrons. The Hall–Kier alpha value is -1.44. The van der Waals surface area contributed by atoms with Crippen molar-refractivity contribution in [1.82, 2.24) is 4.72 Å². The van der Waals surface area contributed by atoms with Gasteiger partial charge in [0.1, 0.15) is 10.7 Å². The standard InChI is InChI=1S/C14H15FN2O2S2/c15-12-5-4-10(16)7-14(12)21(18,19)17-8-11-6-9-2-1-3-13(9)20-11/h4-7,17H,1-3,8,16H2. The topological polar surface area (TPSA) is 72.2 Å². The van der Waals surface area contributed by atoms with Gasteiger partial charge in [0.05, 0.1) is 0 Å². The summed E-state index contributed by atoms with van der Waals surface area (Å²) in [6, 6.07) is 5.55. The minimum Gasteiger partial charge on any atom is -0.399 e. The molecule has 3 rings (SSSR count). The van der Waals surface area contributed by atoms with Crippen molar-refractivity contribution in [3.63, 3.8) is 0 Å². The molecular weight excluding hydrogens is 311 g/mol. The fraction of sp³-hybridized carbons (Fsp3) is 0.286. The lowest BCUT2D eigenvalue weighted by molar-refractivity contribution is 0.557. The molecule has 1 aromatic heterocycles. The Labute approximate surface area is 126 Å². The van der Waals surface area contributed by atoms with E-state index in [0.717, 1.165) is 29.9 Å². The van der Waals surface area contributed by atoms with E-state index in [4.69, 9.17) is 5.73 Å². The highest BCUT2D eigenvalue weighted by molar-refractivity contribution is 7.89. The van der Waals surface area contributed by atoms with Crippen LogP contribution in [0.4, 0.5) is 10.1 Å². The lowest BCUT2D eigenvalue weighted by Crippen LogP contribution is -2.24. The van der Waals surface area contributed by atoms with Crippen LogP contribution in [0.1, 0.15) is 21.7 Å². The van der Waals surface area contributed by atoms with E-state index in [1.165, 1.54) is 22.9 Å². The van der Waals surface area contributed by atoms with E-state index in [2.05, 4.69) is 4.72 Å². The minimum absolute atomic E-state index is 0.175.